The molecule has 0 aliphatic rings. The van der Waals surface area contributed by atoms with Crippen LogP contribution in [0.15, 0.2) is 12.7 Å². The number of carbonyl (C=O) groups is 1. The van der Waals surface area contributed by atoms with E-state index in [9.17, 15) is 26.7 Å². The van der Waals surface area contributed by atoms with Crippen LogP contribution in [0.5, 0.6) is 0 Å². The van der Waals surface area contributed by atoms with Crippen LogP contribution in [0.2, 0.25) is 0 Å². The van der Waals surface area contributed by atoms with Crippen LogP contribution in [0.25, 0.3) is 0 Å². The first-order valence-corrected chi connectivity index (χ1v) is 5.07. The van der Waals surface area contributed by atoms with E-state index in [1.807, 2.05) is 0 Å². The third-order valence-electron chi connectivity index (χ3n) is 2.30. The highest BCUT2D eigenvalue weighted by Gasteiger charge is 2.28. The Morgan fingerprint density at radius 2 is 1.39 bits per heavy atom. The van der Waals surface area contributed by atoms with Gasteiger partial charge in [0.25, 0.3) is 0 Å². The maximum Gasteiger partial charge on any atom is 0.200 e. The number of unbranched alkanes of at least 4 members (excludes halogenated alkanes) is 1. The van der Waals surface area contributed by atoms with Crippen molar-refractivity contribution < 1.29 is 26.7 Å². The minimum absolute atomic E-state index is 0.224. The van der Waals surface area contributed by atoms with Crippen LogP contribution in [-0.4, -0.2) is 5.78 Å². The molecule has 1 aromatic carbocycles. The van der Waals surface area contributed by atoms with Crippen molar-refractivity contribution in [3.8, 4) is 0 Å². The average Bonchev–Trinajstić information content (AvgIpc) is 2.34. The molecule has 0 N–H and O–H groups in total. The number of carbonyl (C=O) groups excluding carboxylic acids is 1. The van der Waals surface area contributed by atoms with E-state index in [0.717, 1.165) is 0 Å². The van der Waals surface area contributed by atoms with Gasteiger partial charge in [0, 0.05) is 6.42 Å². The maximum absolute atomic E-state index is 13.2. The Morgan fingerprint density at radius 1 is 0.944 bits per heavy atom. The smallest absolute Gasteiger partial charge is 0.200 e. The van der Waals surface area contributed by atoms with E-state index in [-0.39, 0.29) is 12.8 Å². The number of hydrogen-bond donors (Lipinski definition) is 0. The van der Waals surface area contributed by atoms with Gasteiger partial charge in [-0.05, 0) is 12.8 Å². The molecule has 0 saturated heterocycles. The molecule has 0 spiro atoms. The van der Waals surface area contributed by atoms with Gasteiger partial charge in [0.05, 0.1) is 5.56 Å². The summed E-state index contributed by atoms with van der Waals surface area (Å²) >= 11 is 0. The van der Waals surface area contributed by atoms with E-state index in [0.29, 0.717) is 6.42 Å². The summed E-state index contributed by atoms with van der Waals surface area (Å²) in [4.78, 5) is 11.4. The predicted molar refractivity (Wildman–Crippen MR) is 54.6 cm³/mol. The fourth-order valence-electron chi connectivity index (χ4n) is 1.38. The number of rotatable bonds is 5. The first-order valence-electron chi connectivity index (χ1n) is 5.07. The van der Waals surface area contributed by atoms with Crippen molar-refractivity contribution >= 4 is 5.78 Å². The highest BCUT2D eigenvalue weighted by molar-refractivity contribution is 5.96. The lowest BCUT2D eigenvalue weighted by Crippen LogP contribution is -2.12. The number of halogens is 5. The number of allylic oxidation sites excluding steroid dienone is 1. The molecular formula is C12H9F5O. The van der Waals surface area contributed by atoms with Gasteiger partial charge in [0.2, 0.25) is 5.82 Å². The minimum Gasteiger partial charge on any atom is -0.294 e. The molecule has 0 aromatic heterocycles. The number of hydrogen-bond acceptors (Lipinski definition) is 1. The van der Waals surface area contributed by atoms with Crippen LogP contribution in [0, 0.1) is 29.1 Å². The van der Waals surface area contributed by atoms with Crippen LogP contribution in [0.3, 0.4) is 0 Å². The summed E-state index contributed by atoms with van der Waals surface area (Å²) in [6, 6.07) is 0. The summed E-state index contributed by atoms with van der Waals surface area (Å²) in [5.74, 6) is -11.8. The Morgan fingerprint density at radius 3 is 1.83 bits per heavy atom. The van der Waals surface area contributed by atoms with Crippen molar-refractivity contribution in [2.45, 2.75) is 19.3 Å². The van der Waals surface area contributed by atoms with Crippen LogP contribution in [-0.2, 0) is 0 Å². The highest BCUT2D eigenvalue weighted by atomic mass is 19.2. The molecule has 0 unspecified atom stereocenters. The molecule has 6 heteroatoms. The summed E-state index contributed by atoms with van der Waals surface area (Å²) in [5, 5.41) is 0. The number of ketones is 1. The minimum atomic E-state index is -2.27. The maximum atomic E-state index is 13.2. The third kappa shape index (κ3) is 2.57. The molecule has 0 aliphatic heterocycles. The van der Waals surface area contributed by atoms with E-state index in [4.69, 9.17) is 0 Å². The number of benzene rings is 1. The quantitative estimate of drug-likeness (QED) is 0.197. The Balaban J connectivity index is 3.16. The van der Waals surface area contributed by atoms with Crippen LogP contribution >= 0.6 is 0 Å². The fraction of sp³-hybridized carbons (Fsp3) is 0.250. The fourth-order valence-corrected chi connectivity index (χ4v) is 1.38. The Hall–Kier alpha value is -1.72. The summed E-state index contributed by atoms with van der Waals surface area (Å²) in [5.41, 5.74) is -1.38. The molecule has 1 nitrogen and oxygen atoms in total. The Kier molecular flexibility index (Phi) is 4.58. The molecule has 0 fully saturated rings. The first-order chi connectivity index (χ1) is 8.41. The van der Waals surface area contributed by atoms with Gasteiger partial charge in [-0.25, -0.2) is 22.0 Å². The average molecular weight is 264 g/mol. The largest absolute Gasteiger partial charge is 0.294 e. The Bertz CT molecular complexity index is 467. The van der Waals surface area contributed by atoms with Crippen molar-refractivity contribution in [1.29, 1.82) is 0 Å². The van der Waals surface area contributed by atoms with Crippen LogP contribution in [0.1, 0.15) is 29.6 Å². The van der Waals surface area contributed by atoms with E-state index in [1.54, 1.807) is 0 Å². The van der Waals surface area contributed by atoms with Gasteiger partial charge < -0.3 is 0 Å². The van der Waals surface area contributed by atoms with Gasteiger partial charge in [0.1, 0.15) is 0 Å². The summed E-state index contributed by atoms with van der Waals surface area (Å²) in [6.45, 7) is 3.38. The Labute approximate surface area is 99.9 Å². The molecule has 1 aromatic rings. The van der Waals surface area contributed by atoms with E-state index in [2.05, 4.69) is 6.58 Å². The van der Waals surface area contributed by atoms with E-state index >= 15 is 0 Å². The second kappa shape index (κ2) is 5.75. The standard InChI is InChI=1S/C12H9F5O/c1-2-3-4-5-6(18)7-8(13)10(15)12(17)11(16)9(7)14/h2H,1,3-5H2. The molecular weight excluding hydrogens is 255 g/mol. The molecule has 0 radical (unpaired) electrons. The number of Topliss-reactive ketones (excluding diaryl/α,β-unsaturated/α-hetero) is 1. The van der Waals surface area contributed by atoms with Gasteiger partial charge >= 0.3 is 0 Å². The zero-order valence-electron chi connectivity index (χ0n) is 9.20. The van der Waals surface area contributed by atoms with Crippen molar-refractivity contribution in [1.82, 2.24) is 0 Å². The molecule has 0 heterocycles. The van der Waals surface area contributed by atoms with Crippen molar-refractivity contribution in [3.05, 3.63) is 47.3 Å². The zero-order chi connectivity index (χ0) is 13.9. The molecule has 0 atom stereocenters. The molecule has 0 bridgehead atoms. The topological polar surface area (TPSA) is 17.1 Å². The van der Waals surface area contributed by atoms with Gasteiger partial charge in [0.15, 0.2) is 29.1 Å². The zero-order valence-corrected chi connectivity index (χ0v) is 9.20. The van der Waals surface area contributed by atoms with Crippen LogP contribution < -0.4 is 0 Å². The monoisotopic (exact) mass is 264 g/mol. The van der Waals surface area contributed by atoms with E-state index in [1.165, 1.54) is 6.08 Å². The first kappa shape index (κ1) is 14.3. The summed E-state index contributed by atoms with van der Waals surface area (Å²) in [7, 11) is 0. The SMILES string of the molecule is C=CCCCC(=O)c1c(F)c(F)c(F)c(F)c1F. The lowest BCUT2D eigenvalue weighted by Gasteiger charge is -2.06. The normalized spacial score (nSPS) is 10.5. The van der Waals surface area contributed by atoms with Gasteiger partial charge in [-0.15, -0.1) is 6.58 Å². The van der Waals surface area contributed by atoms with Crippen molar-refractivity contribution in [3.63, 3.8) is 0 Å². The van der Waals surface area contributed by atoms with Crippen LogP contribution in [0.4, 0.5) is 22.0 Å². The molecule has 98 valence electrons. The highest BCUT2D eigenvalue weighted by Crippen LogP contribution is 2.24. The van der Waals surface area contributed by atoms with Crippen molar-refractivity contribution in [2.24, 2.45) is 0 Å². The molecule has 0 amide bonds. The lowest BCUT2D eigenvalue weighted by molar-refractivity contribution is 0.0969. The second-order valence-electron chi connectivity index (χ2n) is 3.55. The van der Waals surface area contributed by atoms with Gasteiger partial charge in [-0.2, -0.15) is 0 Å². The predicted octanol–water partition coefficient (Wildman–Crippen LogP) is 3.92. The van der Waals surface area contributed by atoms with Gasteiger partial charge in [-0.3, -0.25) is 4.79 Å². The summed E-state index contributed by atoms with van der Waals surface area (Å²) < 4.78 is 64.8. The van der Waals surface area contributed by atoms with Crippen molar-refractivity contribution in [2.75, 3.05) is 0 Å². The summed E-state index contributed by atoms with van der Waals surface area (Å²) in [6.07, 6.45) is 1.79. The second-order valence-corrected chi connectivity index (χ2v) is 3.55. The molecule has 0 saturated carbocycles. The van der Waals surface area contributed by atoms with Gasteiger partial charge in [-0.1, -0.05) is 6.08 Å². The molecule has 18 heavy (non-hydrogen) atoms. The van der Waals surface area contributed by atoms with E-state index < -0.39 is 40.4 Å². The third-order valence-corrected chi connectivity index (χ3v) is 2.30. The molecule has 1 rings (SSSR count). The molecule has 0 aliphatic carbocycles. The lowest BCUT2D eigenvalue weighted by atomic mass is 10.0.